The van der Waals surface area contributed by atoms with Gasteiger partial charge in [0, 0.05) is 6.42 Å². The summed E-state index contributed by atoms with van der Waals surface area (Å²) in [6.45, 7) is 8.47. The summed E-state index contributed by atoms with van der Waals surface area (Å²) in [7, 11) is -3.72. The normalized spacial score (nSPS) is 25.2. The third-order valence-corrected chi connectivity index (χ3v) is 5.19. The monoisotopic (exact) mass is 342 g/mol. The molecule has 0 N–H and O–H groups in total. The largest absolute Gasteiger partial charge is 0.349 e. The first kappa shape index (κ1) is 18.4. The fraction of sp³-hybridized carbons (Fsp3) is 0.647. The molecule has 0 radical (unpaired) electrons. The van der Waals surface area contributed by atoms with Gasteiger partial charge in [0.25, 0.3) is 10.1 Å². The molecule has 0 aliphatic carbocycles. The van der Waals surface area contributed by atoms with E-state index in [9.17, 15) is 8.42 Å². The first-order valence-electron chi connectivity index (χ1n) is 8.03. The molecule has 1 aromatic carbocycles. The lowest BCUT2D eigenvalue weighted by atomic mass is 10.1. The summed E-state index contributed by atoms with van der Waals surface area (Å²) in [5, 5.41) is 0. The van der Waals surface area contributed by atoms with Crippen LogP contribution in [0, 0.1) is 11.8 Å². The van der Waals surface area contributed by atoms with E-state index in [4.69, 9.17) is 13.7 Å². The van der Waals surface area contributed by atoms with Crippen LogP contribution in [0.25, 0.3) is 0 Å². The van der Waals surface area contributed by atoms with Crippen molar-refractivity contribution in [2.75, 3.05) is 6.61 Å². The van der Waals surface area contributed by atoms with E-state index in [-0.39, 0.29) is 29.8 Å². The second-order valence-corrected chi connectivity index (χ2v) is 8.19. The van der Waals surface area contributed by atoms with Gasteiger partial charge in [-0.25, -0.2) is 0 Å². The Bertz CT molecular complexity index is 601. The van der Waals surface area contributed by atoms with Crippen molar-refractivity contribution < 1.29 is 22.1 Å². The Morgan fingerprint density at radius 3 is 2.65 bits per heavy atom. The molecule has 0 saturated carbocycles. The van der Waals surface area contributed by atoms with Crippen molar-refractivity contribution in [3.63, 3.8) is 0 Å². The fourth-order valence-corrected chi connectivity index (χ4v) is 3.43. The summed E-state index contributed by atoms with van der Waals surface area (Å²) < 4.78 is 40.8. The van der Waals surface area contributed by atoms with Crippen LogP contribution in [0.5, 0.6) is 0 Å². The van der Waals surface area contributed by atoms with Crippen LogP contribution in [0.3, 0.4) is 0 Å². The number of ether oxygens (including phenoxy) is 2. The Kier molecular flexibility index (Phi) is 6.19. The first-order chi connectivity index (χ1) is 10.8. The van der Waals surface area contributed by atoms with Gasteiger partial charge in [-0.3, -0.25) is 4.18 Å². The zero-order valence-corrected chi connectivity index (χ0v) is 15.0. The standard InChI is InChI=1S/C17H26O5S/c1-12(2)10-21-23(18,19)16-7-5-6-15(9-16)11-20-17-8-13(3)14(4)22-17/h5-7,9,12-14,17H,8,10-11H2,1-4H3/t13-,14+,17?/m1/s1. The van der Waals surface area contributed by atoms with Crippen LogP contribution in [0.2, 0.25) is 0 Å². The van der Waals surface area contributed by atoms with Crippen LogP contribution in [-0.4, -0.2) is 27.4 Å². The molecule has 1 aliphatic heterocycles. The van der Waals surface area contributed by atoms with E-state index >= 15 is 0 Å². The van der Waals surface area contributed by atoms with Gasteiger partial charge in [-0.15, -0.1) is 0 Å². The molecule has 0 bridgehead atoms. The second kappa shape index (κ2) is 7.75. The maximum atomic E-state index is 12.1. The van der Waals surface area contributed by atoms with Crippen molar-refractivity contribution in [3.05, 3.63) is 29.8 Å². The first-order valence-corrected chi connectivity index (χ1v) is 9.44. The molecule has 1 fully saturated rings. The number of hydrogen-bond donors (Lipinski definition) is 0. The molecule has 2 rings (SSSR count). The fourth-order valence-electron chi connectivity index (χ4n) is 2.31. The van der Waals surface area contributed by atoms with E-state index in [0.717, 1.165) is 12.0 Å². The Hall–Kier alpha value is -0.950. The lowest BCUT2D eigenvalue weighted by Gasteiger charge is -2.13. The maximum absolute atomic E-state index is 12.1. The van der Waals surface area contributed by atoms with E-state index in [2.05, 4.69) is 6.92 Å². The predicted molar refractivity (Wildman–Crippen MR) is 87.3 cm³/mol. The molecular formula is C17H26O5S. The lowest BCUT2D eigenvalue weighted by molar-refractivity contribution is -0.137. The van der Waals surface area contributed by atoms with Crippen molar-refractivity contribution in [1.82, 2.24) is 0 Å². The van der Waals surface area contributed by atoms with Crippen LogP contribution in [0.4, 0.5) is 0 Å². The van der Waals surface area contributed by atoms with Gasteiger partial charge < -0.3 is 9.47 Å². The van der Waals surface area contributed by atoms with Gasteiger partial charge in [0.2, 0.25) is 0 Å². The Morgan fingerprint density at radius 2 is 2.04 bits per heavy atom. The molecule has 1 saturated heterocycles. The molecular weight excluding hydrogens is 316 g/mol. The highest BCUT2D eigenvalue weighted by molar-refractivity contribution is 7.86. The third kappa shape index (κ3) is 5.28. The highest BCUT2D eigenvalue weighted by Gasteiger charge is 2.29. The van der Waals surface area contributed by atoms with E-state index in [1.807, 2.05) is 26.8 Å². The smallest absolute Gasteiger partial charge is 0.296 e. The Labute approximate surface area is 139 Å². The van der Waals surface area contributed by atoms with Gasteiger partial charge in [0.05, 0.1) is 24.2 Å². The molecule has 130 valence electrons. The van der Waals surface area contributed by atoms with Gasteiger partial charge in [0.1, 0.15) is 0 Å². The minimum Gasteiger partial charge on any atom is -0.349 e. The topological polar surface area (TPSA) is 61.8 Å². The van der Waals surface area contributed by atoms with Crippen LogP contribution in [0.15, 0.2) is 29.2 Å². The molecule has 5 nitrogen and oxygen atoms in total. The highest BCUT2D eigenvalue weighted by Crippen LogP contribution is 2.27. The number of rotatable bonds is 7. The summed E-state index contributed by atoms with van der Waals surface area (Å²) in [4.78, 5) is 0.160. The molecule has 6 heteroatoms. The van der Waals surface area contributed by atoms with Gasteiger partial charge in [0.15, 0.2) is 6.29 Å². The molecule has 1 unspecified atom stereocenters. The molecule has 0 spiro atoms. The van der Waals surface area contributed by atoms with Crippen LogP contribution in [0.1, 0.15) is 39.7 Å². The maximum Gasteiger partial charge on any atom is 0.296 e. The van der Waals surface area contributed by atoms with E-state index < -0.39 is 10.1 Å². The summed E-state index contributed by atoms with van der Waals surface area (Å²) in [6.07, 6.45) is 0.824. The van der Waals surface area contributed by atoms with Crippen molar-refractivity contribution in [2.45, 2.75) is 58.0 Å². The average molecular weight is 342 g/mol. The Balaban J connectivity index is 1.97. The number of hydrogen-bond acceptors (Lipinski definition) is 5. The van der Waals surface area contributed by atoms with Gasteiger partial charge in [-0.05, 0) is 36.5 Å². The van der Waals surface area contributed by atoms with Crippen molar-refractivity contribution in [3.8, 4) is 0 Å². The molecule has 0 amide bonds. The average Bonchev–Trinajstić information content (AvgIpc) is 2.82. The van der Waals surface area contributed by atoms with Crippen LogP contribution < -0.4 is 0 Å². The quantitative estimate of drug-likeness (QED) is 0.711. The van der Waals surface area contributed by atoms with E-state index in [1.165, 1.54) is 6.07 Å². The predicted octanol–water partition coefficient (Wildman–Crippen LogP) is 3.34. The minimum absolute atomic E-state index is 0.153. The second-order valence-electron chi connectivity index (χ2n) is 6.57. The van der Waals surface area contributed by atoms with E-state index in [1.54, 1.807) is 12.1 Å². The van der Waals surface area contributed by atoms with Crippen molar-refractivity contribution in [2.24, 2.45) is 11.8 Å². The third-order valence-electron chi connectivity index (χ3n) is 3.91. The molecule has 1 aliphatic rings. The lowest BCUT2D eigenvalue weighted by Crippen LogP contribution is -2.13. The molecule has 0 aromatic heterocycles. The number of benzene rings is 1. The van der Waals surface area contributed by atoms with Crippen LogP contribution >= 0.6 is 0 Å². The molecule has 23 heavy (non-hydrogen) atoms. The van der Waals surface area contributed by atoms with E-state index in [0.29, 0.717) is 12.5 Å². The zero-order valence-electron chi connectivity index (χ0n) is 14.2. The van der Waals surface area contributed by atoms with Gasteiger partial charge >= 0.3 is 0 Å². The summed E-state index contributed by atoms with van der Waals surface area (Å²) in [5.74, 6) is 0.621. The highest BCUT2D eigenvalue weighted by atomic mass is 32.2. The molecule has 1 heterocycles. The van der Waals surface area contributed by atoms with Crippen LogP contribution in [-0.2, 0) is 30.4 Å². The Morgan fingerprint density at radius 1 is 1.30 bits per heavy atom. The SMILES string of the molecule is CC(C)COS(=O)(=O)c1cccc(COC2C[C@@H](C)[C@H](C)O2)c1. The van der Waals surface area contributed by atoms with Gasteiger partial charge in [-0.1, -0.05) is 32.9 Å². The van der Waals surface area contributed by atoms with Crippen molar-refractivity contribution in [1.29, 1.82) is 0 Å². The van der Waals surface area contributed by atoms with Gasteiger partial charge in [-0.2, -0.15) is 8.42 Å². The minimum atomic E-state index is -3.72. The molecule has 3 atom stereocenters. The zero-order chi connectivity index (χ0) is 17.0. The summed E-state index contributed by atoms with van der Waals surface area (Å²) in [6, 6.07) is 6.67. The summed E-state index contributed by atoms with van der Waals surface area (Å²) in [5.41, 5.74) is 0.787. The summed E-state index contributed by atoms with van der Waals surface area (Å²) >= 11 is 0. The molecule has 1 aromatic rings. The van der Waals surface area contributed by atoms with Crippen molar-refractivity contribution >= 4 is 10.1 Å².